The summed E-state index contributed by atoms with van der Waals surface area (Å²) in [4.78, 5) is 22.3. The van der Waals surface area contributed by atoms with E-state index in [0.717, 1.165) is 7.11 Å². The van der Waals surface area contributed by atoms with Gasteiger partial charge in [-0.2, -0.15) is 0 Å². The molecule has 0 aromatic carbocycles. The van der Waals surface area contributed by atoms with Gasteiger partial charge in [-0.1, -0.05) is 5.16 Å². The second-order valence-corrected chi connectivity index (χ2v) is 8.37. The van der Waals surface area contributed by atoms with Crippen molar-refractivity contribution in [3.05, 3.63) is 0 Å². The van der Waals surface area contributed by atoms with Crippen molar-refractivity contribution in [3.63, 3.8) is 0 Å². The lowest BCUT2D eigenvalue weighted by atomic mass is 10.3. The summed E-state index contributed by atoms with van der Waals surface area (Å²) >= 11 is 5.32. The molecule has 0 spiro atoms. The third kappa shape index (κ3) is 5.53. The van der Waals surface area contributed by atoms with Crippen LogP contribution < -0.4 is 0 Å². The van der Waals surface area contributed by atoms with E-state index < -0.39 is 25.8 Å². The zero-order valence-corrected chi connectivity index (χ0v) is 10.9. The molecule has 0 radical (unpaired) electrons. The molecule has 0 aromatic heterocycles. The first kappa shape index (κ1) is 14.1. The van der Waals surface area contributed by atoms with Gasteiger partial charge in [0.2, 0.25) is 11.5 Å². The molecule has 0 aliphatic heterocycles. The number of nitrogens with zero attached hydrogens (tertiary/aromatic N) is 1. The minimum Gasteiger partial charge on any atom is -0.464 e. The van der Waals surface area contributed by atoms with Crippen LogP contribution in [0, 0.1) is 0 Å². The number of esters is 1. The van der Waals surface area contributed by atoms with Crippen molar-refractivity contribution < 1.29 is 18.9 Å². The summed E-state index contributed by atoms with van der Waals surface area (Å²) in [5.74, 6) is -1.77. The van der Waals surface area contributed by atoms with Crippen LogP contribution in [0.4, 0.5) is 0 Å². The van der Waals surface area contributed by atoms with E-state index in [-0.39, 0.29) is 5.88 Å². The van der Waals surface area contributed by atoms with Crippen LogP contribution in [0.5, 0.6) is 0 Å². The van der Waals surface area contributed by atoms with Gasteiger partial charge in [0.15, 0.2) is 0 Å². The Morgan fingerprint density at radius 2 is 1.87 bits per heavy atom. The first-order valence-corrected chi connectivity index (χ1v) is 8.19. The van der Waals surface area contributed by atoms with Gasteiger partial charge in [0.1, 0.15) is 0 Å². The second-order valence-electron chi connectivity index (χ2n) is 3.69. The van der Waals surface area contributed by atoms with Crippen LogP contribution in [0.2, 0.25) is 19.6 Å². The van der Waals surface area contributed by atoms with E-state index in [1.165, 1.54) is 0 Å². The zero-order chi connectivity index (χ0) is 12.1. The predicted molar refractivity (Wildman–Crippen MR) is 59.6 cm³/mol. The van der Waals surface area contributed by atoms with Crippen molar-refractivity contribution in [2.75, 3.05) is 13.0 Å². The van der Waals surface area contributed by atoms with Crippen molar-refractivity contribution in [2.24, 2.45) is 5.16 Å². The fourth-order valence-corrected chi connectivity index (χ4v) is 1.04. The van der Waals surface area contributed by atoms with Gasteiger partial charge in [0.25, 0.3) is 8.32 Å². The largest absolute Gasteiger partial charge is 0.464 e. The summed E-state index contributed by atoms with van der Waals surface area (Å²) in [7, 11) is -0.767. The molecule has 0 heterocycles. The number of carbonyl (C=O) groups excluding carboxylic acids is 2. The third-order valence-electron chi connectivity index (χ3n) is 1.18. The number of ketones is 1. The lowest BCUT2D eigenvalue weighted by Gasteiger charge is -2.13. The molecule has 7 heteroatoms. The van der Waals surface area contributed by atoms with Crippen LogP contribution in [0.15, 0.2) is 5.16 Å². The molecular formula is C8H14ClNO4Si. The second kappa shape index (κ2) is 5.87. The van der Waals surface area contributed by atoms with Crippen LogP contribution in [0.25, 0.3) is 0 Å². The van der Waals surface area contributed by atoms with Crippen LogP contribution in [-0.2, 0) is 18.9 Å². The number of oxime groups is 1. The third-order valence-corrected chi connectivity index (χ3v) is 2.06. The number of carbonyl (C=O) groups is 2. The minimum atomic E-state index is -1.93. The van der Waals surface area contributed by atoms with Gasteiger partial charge < -0.3 is 9.26 Å². The Morgan fingerprint density at radius 3 is 2.20 bits per heavy atom. The molecular weight excluding hydrogens is 238 g/mol. The van der Waals surface area contributed by atoms with Crippen LogP contribution >= 0.6 is 11.6 Å². The Bertz CT molecular complexity index is 267. The van der Waals surface area contributed by atoms with Crippen LogP contribution in [0.3, 0.4) is 0 Å². The SMILES string of the molecule is COC(=O)C(=NO[Si](C)(C)C)C(=O)CCl. The molecule has 0 aromatic rings. The highest BCUT2D eigenvalue weighted by Crippen LogP contribution is 2.04. The Labute approximate surface area is 94.5 Å². The van der Waals surface area contributed by atoms with Crippen molar-refractivity contribution in [1.29, 1.82) is 0 Å². The average molecular weight is 252 g/mol. The van der Waals surface area contributed by atoms with Gasteiger partial charge in [-0.05, 0) is 19.6 Å². The zero-order valence-electron chi connectivity index (χ0n) is 9.17. The van der Waals surface area contributed by atoms with E-state index in [1.54, 1.807) is 0 Å². The molecule has 0 saturated heterocycles. The first-order valence-electron chi connectivity index (χ1n) is 4.25. The lowest BCUT2D eigenvalue weighted by Crippen LogP contribution is -2.30. The van der Waals surface area contributed by atoms with E-state index in [9.17, 15) is 9.59 Å². The maximum Gasteiger partial charge on any atom is 0.363 e. The standard InChI is InChI=1S/C8H14ClNO4Si/c1-13-8(12)7(6(11)5-9)10-14-15(2,3)4/h5H2,1-4H3. The quantitative estimate of drug-likeness (QED) is 0.184. The Balaban J connectivity index is 4.79. The highest BCUT2D eigenvalue weighted by atomic mass is 35.5. The normalized spacial score (nSPS) is 12.2. The number of methoxy groups -OCH3 is 1. The summed E-state index contributed by atoms with van der Waals surface area (Å²) < 4.78 is 9.47. The number of hydrogen-bond donors (Lipinski definition) is 0. The van der Waals surface area contributed by atoms with E-state index >= 15 is 0 Å². The summed E-state index contributed by atoms with van der Waals surface area (Å²) in [6.07, 6.45) is 0. The molecule has 0 aliphatic carbocycles. The molecule has 0 amide bonds. The number of alkyl halides is 1. The molecule has 0 aliphatic rings. The van der Waals surface area contributed by atoms with Gasteiger partial charge in [0.05, 0.1) is 13.0 Å². The van der Waals surface area contributed by atoms with Crippen molar-refractivity contribution >= 4 is 37.4 Å². The van der Waals surface area contributed by atoms with E-state index in [4.69, 9.17) is 16.1 Å². The summed E-state index contributed by atoms with van der Waals surface area (Å²) in [5, 5.41) is 3.51. The summed E-state index contributed by atoms with van der Waals surface area (Å²) in [5.41, 5.74) is -0.394. The highest BCUT2D eigenvalue weighted by molar-refractivity contribution is 6.71. The topological polar surface area (TPSA) is 65.0 Å². The van der Waals surface area contributed by atoms with Crippen molar-refractivity contribution in [3.8, 4) is 0 Å². The molecule has 0 bridgehead atoms. The molecule has 0 unspecified atom stereocenters. The number of hydrogen-bond acceptors (Lipinski definition) is 5. The first-order chi connectivity index (χ1) is 6.81. The van der Waals surface area contributed by atoms with Crippen molar-refractivity contribution in [2.45, 2.75) is 19.6 Å². The number of rotatable bonds is 5. The van der Waals surface area contributed by atoms with E-state index in [2.05, 4.69) is 9.89 Å². The number of ether oxygens (including phenoxy) is 1. The minimum absolute atomic E-state index is 0.330. The van der Waals surface area contributed by atoms with Crippen molar-refractivity contribution in [1.82, 2.24) is 0 Å². The Morgan fingerprint density at radius 1 is 1.33 bits per heavy atom. The Kier molecular flexibility index (Phi) is 5.52. The van der Waals surface area contributed by atoms with Gasteiger partial charge in [-0.3, -0.25) is 4.79 Å². The van der Waals surface area contributed by atoms with Crippen LogP contribution in [-0.4, -0.2) is 38.8 Å². The van der Waals surface area contributed by atoms with Gasteiger partial charge >= 0.3 is 5.97 Å². The lowest BCUT2D eigenvalue weighted by molar-refractivity contribution is -0.133. The Hall–Kier alpha value is -0.883. The molecule has 15 heavy (non-hydrogen) atoms. The maximum absolute atomic E-state index is 11.2. The summed E-state index contributed by atoms with van der Waals surface area (Å²) in [6, 6.07) is 0. The maximum atomic E-state index is 11.2. The van der Waals surface area contributed by atoms with E-state index in [1.807, 2.05) is 19.6 Å². The molecule has 0 N–H and O–H groups in total. The number of halogens is 1. The molecule has 5 nitrogen and oxygen atoms in total. The monoisotopic (exact) mass is 251 g/mol. The van der Waals surface area contributed by atoms with Gasteiger partial charge in [0, 0.05) is 0 Å². The number of Topliss-reactive ketones (excluding diaryl/α,β-unsaturated/α-hetero) is 1. The molecule has 0 atom stereocenters. The predicted octanol–water partition coefficient (Wildman–Crippen LogP) is 1.17. The molecule has 0 saturated carbocycles. The van der Waals surface area contributed by atoms with Crippen LogP contribution in [0.1, 0.15) is 0 Å². The smallest absolute Gasteiger partial charge is 0.363 e. The highest BCUT2D eigenvalue weighted by Gasteiger charge is 2.23. The fraction of sp³-hybridized carbons (Fsp3) is 0.625. The summed E-state index contributed by atoms with van der Waals surface area (Å²) in [6.45, 7) is 5.61. The van der Waals surface area contributed by atoms with E-state index in [0.29, 0.717) is 0 Å². The fourth-order valence-electron chi connectivity index (χ4n) is 0.545. The molecule has 0 rings (SSSR count). The average Bonchev–Trinajstić information content (AvgIpc) is 2.15. The van der Waals surface area contributed by atoms with Gasteiger partial charge in [-0.15, -0.1) is 11.6 Å². The molecule has 86 valence electrons. The molecule has 0 fully saturated rings. The van der Waals surface area contributed by atoms with Gasteiger partial charge in [-0.25, -0.2) is 4.79 Å².